The van der Waals surface area contributed by atoms with Crippen molar-refractivity contribution in [1.29, 1.82) is 0 Å². The molecule has 0 amide bonds. The average Bonchev–Trinajstić information content (AvgIpc) is 2.54. The Morgan fingerprint density at radius 3 is 1.50 bits per heavy atom. The smallest absolute Gasteiger partial charge is 0.261 e. The van der Waals surface area contributed by atoms with Crippen molar-refractivity contribution in [3.8, 4) is 0 Å². The minimum atomic E-state index is -3.61. The third kappa shape index (κ3) is 6.83. The van der Waals surface area contributed by atoms with Gasteiger partial charge in [-0.3, -0.25) is 0 Å². The molecule has 2 aromatic carbocycles. The molecule has 2 aromatic rings. The number of halogens is 1. The lowest BCUT2D eigenvalue weighted by Gasteiger charge is -2.12. The first-order chi connectivity index (χ1) is 11.8. The summed E-state index contributed by atoms with van der Waals surface area (Å²) in [5.74, 6) is 0. The number of rotatable bonds is 4. The molecule has 0 heterocycles. The summed E-state index contributed by atoms with van der Waals surface area (Å²) in [6.45, 7) is 0. The van der Waals surface area contributed by atoms with Gasteiger partial charge in [-0.2, -0.15) is 0 Å². The van der Waals surface area contributed by atoms with Crippen LogP contribution in [-0.4, -0.2) is 45.0 Å². The van der Waals surface area contributed by atoms with Gasteiger partial charge in [0.05, 0.1) is 9.79 Å². The Morgan fingerprint density at radius 2 is 1.15 bits per heavy atom. The van der Waals surface area contributed by atoms with Gasteiger partial charge in [0, 0.05) is 50.2 Å². The second-order valence-electron chi connectivity index (χ2n) is 5.77. The van der Waals surface area contributed by atoms with E-state index in [0.29, 0.717) is 0 Å². The van der Waals surface area contributed by atoms with Crippen molar-refractivity contribution in [3.05, 3.63) is 48.5 Å². The highest BCUT2D eigenvalue weighted by Gasteiger charge is 2.10. The summed E-state index contributed by atoms with van der Waals surface area (Å²) >= 11 is 0. The van der Waals surface area contributed by atoms with Gasteiger partial charge in [0.1, 0.15) is 0 Å². The normalized spacial score (nSPS) is 11.3. The van der Waals surface area contributed by atoms with Crippen LogP contribution in [0.15, 0.2) is 58.3 Å². The zero-order valence-corrected chi connectivity index (χ0v) is 17.3. The predicted octanol–water partition coefficient (Wildman–Crippen LogP) is 2.08. The summed E-state index contributed by atoms with van der Waals surface area (Å²) in [6.07, 6.45) is 0. The van der Waals surface area contributed by atoms with E-state index in [9.17, 15) is 16.8 Å². The number of primary sulfonamides is 1. The number of hydrogen-bond acceptors (Lipinski definition) is 6. The van der Waals surface area contributed by atoms with Gasteiger partial charge in [0.2, 0.25) is 10.0 Å². The molecule has 0 fully saturated rings. The Bertz CT molecular complexity index is 879. The molecule has 0 atom stereocenters. The minimum absolute atomic E-state index is 0.125. The van der Waals surface area contributed by atoms with Gasteiger partial charge in [0.15, 0.2) is 0 Å². The van der Waals surface area contributed by atoms with Crippen molar-refractivity contribution in [3.63, 3.8) is 0 Å². The summed E-state index contributed by atoms with van der Waals surface area (Å²) < 4.78 is 43.8. The molecule has 2 N–H and O–H groups in total. The van der Waals surface area contributed by atoms with Crippen LogP contribution in [0, 0.1) is 0 Å². The van der Waals surface area contributed by atoms with Crippen molar-refractivity contribution in [2.24, 2.45) is 5.14 Å². The Morgan fingerprint density at radius 1 is 0.769 bits per heavy atom. The third-order valence-electron chi connectivity index (χ3n) is 3.28. The lowest BCUT2D eigenvalue weighted by Crippen LogP contribution is -2.14. The van der Waals surface area contributed by atoms with Gasteiger partial charge >= 0.3 is 0 Å². The Hall–Kier alpha value is -1.81. The maximum Gasteiger partial charge on any atom is 0.261 e. The number of nitrogens with zero attached hydrogens (tertiary/aromatic N) is 2. The van der Waals surface area contributed by atoms with Gasteiger partial charge in [0.25, 0.3) is 9.05 Å². The summed E-state index contributed by atoms with van der Waals surface area (Å²) in [5.41, 5.74) is 1.62. The van der Waals surface area contributed by atoms with Crippen molar-refractivity contribution in [2.75, 3.05) is 38.0 Å². The van der Waals surface area contributed by atoms with Gasteiger partial charge in [-0.1, -0.05) is 12.1 Å². The van der Waals surface area contributed by atoms with Crippen LogP contribution in [0.4, 0.5) is 11.4 Å². The highest BCUT2D eigenvalue weighted by molar-refractivity contribution is 8.13. The largest absolute Gasteiger partial charge is 0.378 e. The van der Waals surface area contributed by atoms with Crippen LogP contribution in [0.1, 0.15) is 0 Å². The first kappa shape index (κ1) is 22.2. The summed E-state index contributed by atoms with van der Waals surface area (Å²) in [7, 11) is 5.33. The molecule has 0 unspecified atom stereocenters. The fraction of sp³-hybridized carbons (Fsp3) is 0.250. The van der Waals surface area contributed by atoms with E-state index in [1.54, 1.807) is 12.1 Å². The molecular formula is C16H22ClN3O4S2. The van der Waals surface area contributed by atoms with Crippen LogP contribution in [0.25, 0.3) is 0 Å². The summed E-state index contributed by atoms with van der Waals surface area (Å²) in [4.78, 5) is 3.89. The molecule has 0 spiro atoms. The number of benzene rings is 2. The van der Waals surface area contributed by atoms with Crippen molar-refractivity contribution in [1.82, 2.24) is 0 Å². The lowest BCUT2D eigenvalue weighted by atomic mass is 10.3. The van der Waals surface area contributed by atoms with Gasteiger partial charge in [-0.25, -0.2) is 22.0 Å². The molecule has 26 heavy (non-hydrogen) atoms. The van der Waals surface area contributed by atoms with Crippen molar-refractivity contribution in [2.45, 2.75) is 9.79 Å². The van der Waals surface area contributed by atoms with Crippen LogP contribution in [0.2, 0.25) is 0 Å². The molecule has 0 aliphatic heterocycles. The molecule has 0 radical (unpaired) electrons. The standard InChI is InChI=1S/C8H10ClNO2S.C8H12N2O2S/c2*1-10(2)7-4-3-5-8(6-7)13(9,11)12/h3-6H,1-2H3;3-6H,1-2H3,(H2,9,11,12). The summed E-state index contributed by atoms with van der Waals surface area (Å²) in [6, 6.07) is 13.0. The molecule has 144 valence electrons. The predicted molar refractivity (Wildman–Crippen MR) is 106 cm³/mol. The van der Waals surface area contributed by atoms with Crippen molar-refractivity contribution >= 4 is 41.1 Å². The van der Waals surface area contributed by atoms with E-state index in [1.165, 1.54) is 24.3 Å². The first-order valence-corrected chi connectivity index (χ1v) is 11.2. The van der Waals surface area contributed by atoms with Crippen LogP contribution in [0.5, 0.6) is 0 Å². The first-order valence-electron chi connectivity index (χ1n) is 7.34. The molecule has 0 saturated carbocycles. The minimum Gasteiger partial charge on any atom is -0.378 e. The van der Waals surface area contributed by atoms with E-state index in [0.717, 1.165) is 11.4 Å². The monoisotopic (exact) mass is 419 g/mol. The highest BCUT2D eigenvalue weighted by Crippen LogP contribution is 2.20. The number of hydrogen-bond donors (Lipinski definition) is 1. The Labute approximate surface area is 159 Å². The fourth-order valence-corrected chi connectivity index (χ4v) is 3.20. The quantitative estimate of drug-likeness (QED) is 0.761. The Balaban J connectivity index is 0.000000260. The highest BCUT2D eigenvalue weighted by atomic mass is 35.7. The lowest BCUT2D eigenvalue weighted by molar-refractivity contribution is 0.597. The van der Waals surface area contributed by atoms with E-state index in [4.69, 9.17) is 15.8 Å². The number of sulfonamides is 1. The third-order valence-corrected chi connectivity index (χ3v) is 5.54. The van der Waals surface area contributed by atoms with Crippen LogP contribution in [-0.2, 0) is 19.1 Å². The number of nitrogens with two attached hydrogens (primary N) is 1. The second-order valence-corrected chi connectivity index (χ2v) is 9.89. The van der Waals surface area contributed by atoms with Crippen LogP contribution >= 0.6 is 10.7 Å². The fourth-order valence-electron chi connectivity index (χ4n) is 1.85. The van der Waals surface area contributed by atoms with Crippen LogP contribution in [0.3, 0.4) is 0 Å². The second kappa shape index (κ2) is 8.72. The molecule has 7 nitrogen and oxygen atoms in total. The maximum atomic E-state index is 11.0. The zero-order chi connectivity index (χ0) is 20.1. The number of anilines is 2. The van der Waals surface area contributed by atoms with Gasteiger partial charge in [-0.15, -0.1) is 0 Å². The van der Waals surface area contributed by atoms with Gasteiger partial charge in [-0.05, 0) is 36.4 Å². The van der Waals surface area contributed by atoms with Crippen molar-refractivity contribution < 1.29 is 16.8 Å². The maximum absolute atomic E-state index is 11.0. The molecule has 0 bridgehead atoms. The topological polar surface area (TPSA) is 101 Å². The molecule has 0 aliphatic rings. The van der Waals surface area contributed by atoms with E-state index in [2.05, 4.69) is 0 Å². The molecule has 0 saturated heterocycles. The molecule has 0 aliphatic carbocycles. The molecule has 10 heteroatoms. The molecule has 2 rings (SSSR count). The van der Waals surface area contributed by atoms with E-state index in [1.807, 2.05) is 50.1 Å². The molecular weight excluding hydrogens is 398 g/mol. The van der Waals surface area contributed by atoms with E-state index < -0.39 is 19.1 Å². The SMILES string of the molecule is CN(C)c1cccc(S(=O)(=O)Cl)c1.CN(C)c1cccc(S(N)(=O)=O)c1. The average molecular weight is 420 g/mol. The Kier molecular flexibility index (Phi) is 7.45. The van der Waals surface area contributed by atoms with E-state index >= 15 is 0 Å². The molecule has 0 aromatic heterocycles. The van der Waals surface area contributed by atoms with E-state index in [-0.39, 0.29) is 9.79 Å². The summed E-state index contributed by atoms with van der Waals surface area (Å²) in [5, 5.41) is 4.98. The van der Waals surface area contributed by atoms with Crippen LogP contribution < -0.4 is 14.9 Å². The van der Waals surface area contributed by atoms with Gasteiger partial charge < -0.3 is 9.80 Å². The zero-order valence-electron chi connectivity index (χ0n) is 14.9.